The molecule has 8 rings (SSSR count). The van der Waals surface area contributed by atoms with Crippen LogP contribution in [0.4, 0.5) is 4.79 Å². The monoisotopic (exact) mass is 798 g/mol. The minimum absolute atomic E-state index is 0.0254. The number of carbonyl (C=O) groups is 4. The maximum absolute atomic E-state index is 15.1. The highest BCUT2D eigenvalue weighted by Crippen LogP contribution is 2.44. The highest BCUT2D eigenvalue weighted by molar-refractivity contribution is 6.00. The van der Waals surface area contributed by atoms with E-state index in [0.717, 1.165) is 44.2 Å². The fourth-order valence-electron chi connectivity index (χ4n) is 8.71. The molecule has 1 heterocycles. The molecule has 1 atom stereocenters. The zero-order valence-corrected chi connectivity index (χ0v) is 33.9. The number of nitrogens with zero attached hydrogens (tertiary/aromatic N) is 3. The Labute approximate surface area is 351 Å². The fraction of sp³-hybridized carbons (Fsp3) is 0.255. The topological polar surface area (TPSA) is 99.3 Å². The highest BCUT2D eigenvalue weighted by Gasteiger charge is 2.38. The summed E-state index contributed by atoms with van der Waals surface area (Å²) in [5.41, 5.74) is 7.05. The molecule has 1 saturated heterocycles. The Kier molecular flexibility index (Phi) is 12.4. The van der Waals surface area contributed by atoms with Crippen molar-refractivity contribution in [1.82, 2.24) is 20.0 Å². The van der Waals surface area contributed by atoms with Gasteiger partial charge >= 0.3 is 6.09 Å². The molecule has 0 bridgehead atoms. The number of Topliss-reactive ketones (excluding diaryl/α,β-unsaturated/α-hetero) is 1. The summed E-state index contributed by atoms with van der Waals surface area (Å²) >= 11 is 0. The van der Waals surface area contributed by atoms with Gasteiger partial charge in [0.2, 0.25) is 5.91 Å². The van der Waals surface area contributed by atoms with Gasteiger partial charge in [0.05, 0.1) is 13.2 Å². The van der Waals surface area contributed by atoms with Gasteiger partial charge in [0, 0.05) is 36.9 Å². The average molecular weight is 799 g/mol. The number of ether oxygens (including phenoxy) is 1. The van der Waals surface area contributed by atoms with E-state index in [2.05, 4.69) is 53.8 Å². The highest BCUT2D eigenvalue weighted by atomic mass is 16.6. The van der Waals surface area contributed by atoms with Gasteiger partial charge < -0.3 is 15.0 Å². The third kappa shape index (κ3) is 9.01. The largest absolute Gasteiger partial charge is 0.448 e. The second-order valence-electron chi connectivity index (χ2n) is 15.8. The van der Waals surface area contributed by atoms with Crippen LogP contribution >= 0.6 is 0 Å². The molecule has 0 spiro atoms. The third-order valence-electron chi connectivity index (χ3n) is 11.9. The summed E-state index contributed by atoms with van der Waals surface area (Å²) in [7, 11) is 1.94. The minimum atomic E-state index is -0.805. The van der Waals surface area contributed by atoms with Crippen molar-refractivity contribution in [3.05, 3.63) is 179 Å². The number of hydrogen-bond donors (Lipinski definition) is 1. The van der Waals surface area contributed by atoms with Crippen LogP contribution in [-0.4, -0.2) is 90.9 Å². The molecule has 6 aromatic rings. The van der Waals surface area contributed by atoms with Gasteiger partial charge in [0.15, 0.2) is 5.78 Å². The van der Waals surface area contributed by atoms with E-state index in [0.29, 0.717) is 24.9 Å². The molecule has 1 N–H and O–H groups in total. The maximum atomic E-state index is 15.1. The van der Waals surface area contributed by atoms with Gasteiger partial charge in [-0.2, -0.15) is 0 Å². The Balaban J connectivity index is 1.02. The first-order valence-corrected chi connectivity index (χ1v) is 20.8. The van der Waals surface area contributed by atoms with Gasteiger partial charge in [-0.3, -0.25) is 24.2 Å². The number of benzene rings is 6. The van der Waals surface area contributed by atoms with E-state index in [-0.39, 0.29) is 68.8 Å². The van der Waals surface area contributed by atoms with E-state index in [1.54, 1.807) is 15.9 Å². The van der Waals surface area contributed by atoms with Crippen LogP contribution in [0.25, 0.3) is 21.9 Å². The van der Waals surface area contributed by atoms with Crippen molar-refractivity contribution in [3.63, 3.8) is 0 Å². The van der Waals surface area contributed by atoms with Gasteiger partial charge in [-0.05, 0) is 82.7 Å². The van der Waals surface area contributed by atoms with Crippen molar-refractivity contribution >= 4 is 34.5 Å². The van der Waals surface area contributed by atoms with Crippen LogP contribution in [0.15, 0.2) is 152 Å². The summed E-state index contributed by atoms with van der Waals surface area (Å²) in [6.45, 7) is 1.30. The number of amides is 3. The summed E-state index contributed by atoms with van der Waals surface area (Å²) in [4.78, 5) is 61.4. The molecule has 304 valence electrons. The molecule has 2 aliphatic rings. The zero-order valence-electron chi connectivity index (χ0n) is 33.9. The number of fused-ring (bicyclic) bond motifs is 4. The van der Waals surface area contributed by atoms with Gasteiger partial charge in [0.25, 0.3) is 5.91 Å². The maximum Gasteiger partial charge on any atom is 0.411 e. The molecular formula is C51H50N4O5. The van der Waals surface area contributed by atoms with E-state index in [1.807, 2.05) is 109 Å². The van der Waals surface area contributed by atoms with Gasteiger partial charge in [-0.15, -0.1) is 0 Å². The summed E-state index contributed by atoms with van der Waals surface area (Å²) in [5, 5.41) is 4.75. The lowest BCUT2D eigenvalue weighted by Gasteiger charge is -2.36. The fourth-order valence-corrected chi connectivity index (χ4v) is 8.71. The second-order valence-corrected chi connectivity index (χ2v) is 15.8. The number of rotatable bonds is 13. The molecule has 1 aliphatic carbocycles. The molecule has 6 aromatic carbocycles. The Hall–Kier alpha value is -6.58. The van der Waals surface area contributed by atoms with Crippen LogP contribution < -0.4 is 5.32 Å². The number of carbonyl (C=O) groups excluding carboxylic acids is 4. The molecule has 0 saturated carbocycles. The average Bonchev–Trinajstić information content (AvgIpc) is 3.47. The molecular weight excluding hydrogens is 749 g/mol. The second kappa shape index (κ2) is 18.6. The SMILES string of the molecule is CN1CCCC(C(=O)N(CCC(=O)CNC(=O)c2ccc3ccccc3c2)CC(c2ccccc2)c2ccccc2)N(C(=O)OCC2c3ccccc3-c3ccccc32)C1. The lowest BCUT2D eigenvalue weighted by Crippen LogP contribution is -2.53. The standard InChI is InChI=1S/C51H50N4O5/c1-53-29-14-25-48(55(35-53)51(59)60-34-47-44-23-12-10-21-42(44)43-22-11-13-24-45(43)47)50(58)54(33-46(37-16-4-2-5-17-37)38-18-6-3-7-19-38)30-28-41(56)32-52-49(57)40-27-26-36-15-8-9-20-39(36)31-40/h2-13,15-24,26-27,31,46-48H,14,25,28-30,32-35H2,1H3,(H,52,57). The normalized spacial score (nSPS) is 15.2. The predicted octanol–water partition coefficient (Wildman–Crippen LogP) is 8.49. The lowest BCUT2D eigenvalue weighted by atomic mass is 9.90. The first kappa shape index (κ1) is 40.2. The smallest absolute Gasteiger partial charge is 0.411 e. The van der Waals surface area contributed by atoms with Crippen LogP contribution in [0, 0.1) is 0 Å². The number of hydrogen-bond acceptors (Lipinski definition) is 6. The first-order valence-electron chi connectivity index (χ1n) is 20.8. The van der Waals surface area contributed by atoms with Crippen molar-refractivity contribution in [2.24, 2.45) is 0 Å². The summed E-state index contributed by atoms with van der Waals surface area (Å²) in [6, 6.07) is 49.0. The van der Waals surface area contributed by atoms with Gasteiger partial charge in [-0.1, -0.05) is 140 Å². The van der Waals surface area contributed by atoms with E-state index in [1.165, 1.54) is 0 Å². The Morgan fingerprint density at radius 2 is 1.33 bits per heavy atom. The Morgan fingerprint density at radius 3 is 2.00 bits per heavy atom. The van der Waals surface area contributed by atoms with Crippen LogP contribution in [0.1, 0.15) is 63.7 Å². The number of nitrogens with one attached hydrogen (secondary N) is 1. The van der Waals surface area contributed by atoms with Crippen molar-refractivity contribution in [2.45, 2.75) is 37.1 Å². The van der Waals surface area contributed by atoms with Crippen molar-refractivity contribution in [1.29, 1.82) is 0 Å². The van der Waals surface area contributed by atoms with E-state index >= 15 is 4.79 Å². The van der Waals surface area contributed by atoms with Crippen molar-refractivity contribution in [2.75, 3.05) is 46.5 Å². The molecule has 60 heavy (non-hydrogen) atoms. The van der Waals surface area contributed by atoms with E-state index in [4.69, 9.17) is 4.74 Å². The van der Waals surface area contributed by atoms with Gasteiger partial charge in [-0.25, -0.2) is 4.79 Å². The van der Waals surface area contributed by atoms with Crippen LogP contribution in [0.2, 0.25) is 0 Å². The summed E-state index contributed by atoms with van der Waals surface area (Å²) in [6.07, 6.45) is 0.631. The van der Waals surface area contributed by atoms with Crippen LogP contribution in [0.5, 0.6) is 0 Å². The molecule has 9 nitrogen and oxygen atoms in total. The third-order valence-corrected chi connectivity index (χ3v) is 11.9. The molecule has 9 heteroatoms. The van der Waals surface area contributed by atoms with Gasteiger partial charge in [0.1, 0.15) is 12.6 Å². The Morgan fingerprint density at radius 1 is 0.733 bits per heavy atom. The lowest BCUT2D eigenvalue weighted by molar-refractivity contribution is -0.137. The van der Waals surface area contributed by atoms with Crippen molar-refractivity contribution in [3.8, 4) is 11.1 Å². The zero-order chi connectivity index (χ0) is 41.4. The Bertz CT molecular complexity index is 2390. The van der Waals surface area contributed by atoms with E-state index < -0.39 is 12.1 Å². The number of ketones is 1. The molecule has 0 radical (unpaired) electrons. The van der Waals surface area contributed by atoms with Crippen LogP contribution in [0.3, 0.4) is 0 Å². The van der Waals surface area contributed by atoms with Crippen LogP contribution in [-0.2, 0) is 14.3 Å². The molecule has 1 unspecified atom stereocenters. The predicted molar refractivity (Wildman–Crippen MR) is 235 cm³/mol. The summed E-state index contributed by atoms with van der Waals surface area (Å²) < 4.78 is 6.17. The van der Waals surface area contributed by atoms with Crippen molar-refractivity contribution < 1.29 is 23.9 Å². The molecule has 1 aliphatic heterocycles. The molecule has 1 fully saturated rings. The molecule has 3 amide bonds. The minimum Gasteiger partial charge on any atom is -0.448 e. The summed E-state index contributed by atoms with van der Waals surface area (Å²) in [5.74, 6) is -1.09. The quantitative estimate of drug-likeness (QED) is 0.126. The van der Waals surface area contributed by atoms with E-state index in [9.17, 15) is 14.4 Å². The first-order chi connectivity index (χ1) is 29.3. The molecule has 0 aromatic heterocycles.